The SMILES string of the molecule is CCN(C1CCCCC1)S(=O)(=O)c1cc(N)c(Br)cc1F. The Labute approximate surface area is 133 Å². The topological polar surface area (TPSA) is 63.4 Å². The maximum absolute atomic E-state index is 14.1. The van der Waals surface area contributed by atoms with Crippen molar-refractivity contribution in [3.8, 4) is 0 Å². The van der Waals surface area contributed by atoms with E-state index in [-0.39, 0.29) is 16.6 Å². The summed E-state index contributed by atoms with van der Waals surface area (Å²) >= 11 is 3.10. The van der Waals surface area contributed by atoms with Gasteiger partial charge in [0.1, 0.15) is 10.7 Å². The molecule has 1 aromatic carbocycles. The Hall–Kier alpha value is -0.660. The summed E-state index contributed by atoms with van der Waals surface area (Å²) in [7, 11) is -3.86. The average molecular weight is 379 g/mol. The van der Waals surface area contributed by atoms with Crippen LogP contribution >= 0.6 is 15.9 Å². The van der Waals surface area contributed by atoms with Crippen LogP contribution in [-0.4, -0.2) is 25.3 Å². The molecule has 1 fully saturated rings. The molecule has 0 bridgehead atoms. The third kappa shape index (κ3) is 3.40. The van der Waals surface area contributed by atoms with Gasteiger partial charge in [-0.15, -0.1) is 0 Å². The summed E-state index contributed by atoms with van der Waals surface area (Å²) in [6.07, 6.45) is 4.83. The standard InChI is InChI=1S/C14H20BrFN2O2S/c1-2-18(10-6-4-3-5-7-10)21(19,20)14-9-13(17)11(15)8-12(14)16/h8-10H,2-7,17H2,1H3. The maximum atomic E-state index is 14.1. The molecule has 0 amide bonds. The van der Waals surface area contributed by atoms with Crippen LogP contribution in [0.2, 0.25) is 0 Å². The lowest BCUT2D eigenvalue weighted by atomic mass is 9.95. The van der Waals surface area contributed by atoms with E-state index in [9.17, 15) is 12.8 Å². The van der Waals surface area contributed by atoms with Crippen molar-refractivity contribution >= 4 is 31.6 Å². The van der Waals surface area contributed by atoms with E-state index in [2.05, 4.69) is 15.9 Å². The van der Waals surface area contributed by atoms with E-state index in [4.69, 9.17) is 5.73 Å². The molecule has 0 spiro atoms. The van der Waals surface area contributed by atoms with Crippen molar-refractivity contribution in [3.05, 3.63) is 22.4 Å². The molecular formula is C14H20BrFN2O2S. The van der Waals surface area contributed by atoms with Crippen LogP contribution in [0.4, 0.5) is 10.1 Å². The number of nitrogens with zero attached hydrogens (tertiary/aromatic N) is 1. The highest BCUT2D eigenvalue weighted by Gasteiger charge is 2.33. The van der Waals surface area contributed by atoms with Crippen LogP contribution < -0.4 is 5.73 Å². The van der Waals surface area contributed by atoms with E-state index in [1.807, 2.05) is 0 Å². The van der Waals surface area contributed by atoms with Crippen LogP contribution in [0.1, 0.15) is 39.0 Å². The van der Waals surface area contributed by atoms with Gasteiger partial charge in [0, 0.05) is 22.7 Å². The second kappa shape index (κ2) is 6.62. The Morgan fingerprint density at radius 3 is 2.52 bits per heavy atom. The summed E-state index contributed by atoms with van der Waals surface area (Å²) in [6.45, 7) is 2.12. The van der Waals surface area contributed by atoms with Crippen molar-refractivity contribution in [1.29, 1.82) is 0 Å². The lowest BCUT2D eigenvalue weighted by Crippen LogP contribution is -2.41. The molecule has 2 rings (SSSR count). The molecule has 7 heteroatoms. The predicted molar refractivity (Wildman–Crippen MR) is 85.0 cm³/mol. The van der Waals surface area contributed by atoms with Crippen molar-refractivity contribution in [2.45, 2.75) is 50.0 Å². The zero-order chi connectivity index (χ0) is 15.6. The molecule has 118 valence electrons. The molecule has 1 aliphatic carbocycles. The van der Waals surface area contributed by atoms with E-state index in [0.717, 1.165) is 38.2 Å². The minimum absolute atomic E-state index is 0.0435. The monoisotopic (exact) mass is 378 g/mol. The minimum Gasteiger partial charge on any atom is -0.398 e. The molecule has 4 nitrogen and oxygen atoms in total. The summed E-state index contributed by atoms with van der Waals surface area (Å²) in [6, 6.07) is 2.26. The molecule has 0 unspecified atom stereocenters. The smallest absolute Gasteiger partial charge is 0.246 e. The summed E-state index contributed by atoms with van der Waals surface area (Å²) in [4.78, 5) is -0.337. The number of sulfonamides is 1. The van der Waals surface area contributed by atoms with Gasteiger partial charge in [-0.05, 0) is 40.9 Å². The summed E-state index contributed by atoms with van der Waals surface area (Å²) in [5.74, 6) is -0.773. The van der Waals surface area contributed by atoms with Crippen molar-refractivity contribution in [2.75, 3.05) is 12.3 Å². The molecule has 1 aliphatic rings. The highest BCUT2D eigenvalue weighted by Crippen LogP contribution is 2.31. The van der Waals surface area contributed by atoms with Crippen molar-refractivity contribution in [3.63, 3.8) is 0 Å². The molecule has 0 aromatic heterocycles. The van der Waals surface area contributed by atoms with Crippen LogP contribution in [0.15, 0.2) is 21.5 Å². The van der Waals surface area contributed by atoms with E-state index in [0.29, 0.717) is 11.0 Å². The Morgan fingerprint density at radius 1 is 1.33 bits per heavy atom. The van der Waals surface area contributed by atoms with Gasteiger partial charge in [-0.2, -0.15) is 4.31 Å². The van der Waals surface area contributed by atoms with Crippen LogP contribution in [0.3, 0.4) is 0 Å². The van der Waals surface area contributed by atoms with Gasteiger partial charge in [0.2, 0.25) is 10.0 Å². The Morgan fingerprint density at radius 2 is 1.95 bits per heavy atom. The maximum Gasteiger partial charge on any atom is 0.246 e. The first-order valence-electron chi connectivity index (χ1n) is 7.14. The third-order valence-corrected chi connectivity index (χ3v) is 6.66. The molecule has 0 atom stereocenters. The van der Waals surface area contributed by atoms with Crippen LogP contribution in [-0.2, 0) is 10.0 Å². The van der Waals surface area contributed by atoms with Crippen molar-refractivity contribution in [1.82, 2.24) is 4.31 Å². The predicted octanol–water partition coefficient (Wildman–Crippen LogP) is 3.51. The van der Waals surface area contributed by atoms with E-state index >= 15 is 0 Å². The fourth-order valence-corrected chi connectivity index (χ4v) is 4.95. The number of halogens is 2. The van der Waals surface area contributed by atoms with Gasteiger partial charge in [0.05, 0.1) is 0 Å². The molecule has 0 aliphatic heterocycles. The lowest BCUT2D eigenvalue weighted by molar-refractivity contribution is 0.260. The van der Waals surface area contributed by atoms with Crippen LogP contribution in [0.5, 0.6) is 0 Å². The number of nitrogen functional groups attached to an aromatic ring is 1. The number of nitrogens with two attached hydrogens (primary N) is 1. The van der Waals surface area contributed by atoms with Gasteiger partial charge in [0.25, 0.3) is 0 Å². The Balaban J connectivity index is 2.41. The zero-order valence-electron chi connectivity index (χ0n) is 12.0. The molecule has 0 saturated heterocycles. The number of benzene rings is 1. The van der Waals surface area contributed by atoms with Gasteiger partial charge in [-0.1, -0.05) is 26.2 Å². The molecule has 1 aromatic rings. The molecule has 1 saturated carbocycles. The minimum atomic E-state index is -3.86. The van der Waals surface area contributed by atoms with Crippen molar-refractivity contribution in [2.24, 2.45) is 0 Å². The largest absolute Gasteiger partial charge is 0.398 e. The molecule has 21 heavy (non-hydrogen) atoms. The van der Waals surface area contributed by atoms with E-state index in [1.54, 1.807) is 6.92 Å². The number of hydrogen-bond acceptors (Lipinski definition) is 3. The first-order valence-corrected chi connectivity index (χ1v) is 9.37. The summed E-state index contributed by atoms with van der Waals surface area (Å²) < 4.78 is 41.4. The van der Waals surface area contributed by atoms with Gasteiger partial charge >= 0.3 is 0 Å². The lowest BCUT2D eigenvalue weighted by Gasteiger charge is -2.32. The molecule has 2 N–H and O–H groups in total. The van der Waals surface area contributed by atoms with Crippen LogP contribution in [0, 0.1) is 5.82 Å². The Bertz CT molecular complexity index is 616. The fourth-order valence-electron chi connectivity index (χ4n) is 2.86. The fraction of sp³-hybridized carbons (Fsp3) is 0.571. The zero-order valence-corrected chi connectivity index (χ0v) is 14.4. The molecule has 0 heterocycles. The number of hydrogen-bond donors (Lipinski definition) is 1. The third-order valence-electron chi connectivity index (χ3n) is 3.93. The first kappa shape index (κ1) is 16.7. The van der Waals surface area contributed by atoms with Crippen LogP contribution in [0.25, 0.3) is 0 Å². The summed E-state index contributed by atoms with van der Waals surface area (Å²) in [5.41, 5.74) is 5.93. The van der Waals surface area contributed by atoms with Gasteiger partial charge in [0.15, 0.2) is 0 Å². The van der Waals surface area contributed by atoms with Gasteiger partial charge in [-0.25, -0.2) is 12.8 Å². The quantitative estimate of drug-likeness (QED) is 0.815. The van der Waals surface area contributed by atoms with Crippen molar-refractivity contribution < 1.29 is 12.8 Å². The highest BCUT2D eigenvalue weighted by molar-refractivity contribution is 9.10. The molecular weight excluding hydrogens is 359 g/mol. The second-order valence-electron chi connectivity index (χ2n) is 5.30. The van der Waals surface area contributed by atoms with E-state index in [1.165, 1.54) is 10.4 Å². The Kier molecular flexibility index (Phi) is 5.27. The average Bonchev–Trinajstić information content (AvgIpc) is 2.44. The van der Waals surface area contributed by atoms with Gasteiger partial charge in [-0.3, -0.25) is 0 Å². The highest BCUT2D eigenvalue weighted by atomic mass is 79.9. The second-order valence-corrected chi connectivity index (χ2v) is 8.02. The molecule has 0 radical (unpaired) electrons. The summed E-state index contributed by atoms with van der Waals surface area (Å²) in [5, 5.41) is 0. The first-order chi connectivity index (χ1) is 9.87. The van der Waals surface area contributed by atoms with Gasteiger partial charge < -0.3 is 5.73 Å². The number of rotatable bonds is 4. The normalized spacial score (nSPS) is 17.3. The number of anilines is 1. The van der Waals surface area contributed by atoms with E-state index < -0.39 is 15.8 Å².